The van der Waals surface area contributed by atoms with Gasteiger partial charge in [-0.05, 0) is 251 Å². The first-order chi connectivity index (χ1) is 61.6. The number of aromatic carboxylic acids is 2. The summed E-state index contributed by atoms with van der Waals surface area (Å²) in [5.74, 6) is 1.70. The number of aryl methyl sites for hydroxylation is 2. The van der Waals surface area contributed by atoms with E-state index in [-0.39, 0.29) is 34.6 Å². The number of unbranched alkanes of at least 4 members (excludes halogenated alkanes) is 30. The van der Waals surface area contributed by atoms with Gasteiger partial charge in [-0.3, -0.25) is 19.2 Å². The third kappa shape index (κ3) is 40.0. The Hall–Kier alpha value is -12.8. The van der Waals surface area contributed by atoms with Crippen molar-refractivity contribution in [1.29, 1.82) is 0 Å². The summed E-state index contributed by atoms with van der Waals surface area (Å²) in [6, 6.07) is 60.9. The van der Waals surface area contributed by atoms with Crippen LogP contribution >= 0.6 is 0 Å². The minimum Gasteiger partial charge on any atom is -0.491 e. The minimum absolute atomic E-state index is 0.0236. The number of nitrogens with one attached hydrogen (secondary N) is 4. The molecule has 10 aromatic rings. The van der Waals surface area contributed by atoms with E-state index >= 15 is 0 Å². The predicted octanol–water partition coefficient (Wildman–Crippen LogP) is 27.7. The van der Waals surface area contributed by atoms with Crippen molar-refractivity contribution in [2.24, 2.45) is 0 Å². The quantitative estimate of drug-likeness (QED) is 0.00962. The number of anilines is 8. The van der Waals surface area contributed by atoms with Gasteiger partial charge in [0.1, 0.15) is 46.0 Å². The second-order valence-electron chi connectivity index (χ2n) is 32.2. The SMILES string of the molecule is CCCCCCCCCCCCCCCCCCOc1ccc(N)cc1N.CCCCCCCCCCCCCCCCCCOc1ccc(NC(=O)c2ccc(Oc3ccc(C(=O)Nc4cc(NC(=O)c5ccc(Oc6ccc(C(C)=O)cc6)cc5)ccc4C)cc3)cc2)cc1NC.Cc1ccc(N)cc1N.O=C(O)c1ccc(Oc2ccc(C(=O)O)cc2)cc1. The molecular weight excluding hydrogens is 1590 g/mol. The zero-order valence-corrected chi connectivity index (χ0v) is 75.5. The molecule has 127 heavy (non-hydrogen) atoms. The van der Waals surface area contributed by atoms with E-state index in [9.17, 15) is 28.8 Å². The van der Waals surface area contributed by atoms with Gasteiger partial charge in [0.05, 0.1) is 35.7 Å². The lowest BCUT2D eigenvalue weighted by molar-refractivity contribution is 0.0686. The summed E-state index contributed by atoms with van der Waals surface area (Å²) >= 11 is 0. The van der Waals surface area contributed by atoms with Crippen molar-refractivity contribution < 1.29 is 62.7 Å². The Morgan fingerprint density at radius 1 is 0.291 bits per heavy atom. The standard InChI is InChI=1S/C61H72N4O7.C24H44N2O.C14H10O5.C7H10N2/c1-5-6-7-8-9-10-11-12-13-14-15-16-17-18-19-20-41-70-58-40-31-51(43-57(58)62-4)64-60(68)48-26-36-54(37-27-48)72-55-38-28-49(29-39-55)61(69)65-56-42-50(30-21-44(56)2)63-59(67)47-24-34-53(35-25-47)71-52-32-22-46(23-33-52)45(3)66;1-2-3-4-5-6-7-8-9-10-11-12-13-14-15-16-17-20-27-24-19-18-22(25)21-23(24)26;15-13(16)9-1-5-11(6-2-9)19-12-7-3-10(4-8-12)14(17)18;1-5-2-3-6(8)4-7(5)9/h21-40,42-43,62H,5-20,41H2,1-4H3,(H,63,67)(H,64,68)(H,65,69);18-19,21H,2-17,20,25-26H2,1H3;1-8H,(H,15,16)(H,17,18);2-4H,8-9H2,1H3. The molecule has 0 aliphatic carbocycles. The summed E-state index contributed by atoms with van der Waals surface area (Å²) in [5.41, 5.74) is 32.0. The normalized spacial score (nSPS) is 10.6. The lowest BCUT2D eigenvalue weighted by Gasteiger charge is -2.14. The van der Waals surface area contributed by atoms with E-state index in [1.807, 2.05) is 69.4 Å². The topological polar surface area (TPSA) is 341 Å². The molecule has 3 amide bonds. The molecule has 678 valence electrons. The van der Waals surface area contributed by atoms with Crippen LogP contribution in [0.4, 0.5) is 45.5 Å². The van der Waals surface area contributed by atoms with E-state index in [0.29, 0.717) is 91.8 Å². The predicted molar refractivity (Wildman–Crippen MR) is 519 cm³/mol. The van der Waals surface area contributed by atoms with Crippen molar-refractivity contribution >= 4 is 80.9 Å². The first-order valence-electron chi connectivity index (χ1n) is 45.6. The largest absolute Gasteiger partial charge is 0.491 e. The molecule has 21 heteroatoms. The molecule has 0 unspecified atom stereocenters. The van der Waals surface area contributed by atoms with Gasteiger partial charge in [-0.2, -0.15) is 0 Å². The number of carboxylic acids is 2. The number of rotatable bonds is 52. The van der Waals surface area contributed by atoms with Crippen LogP contribution in [0, 0.1) is 13.8 Å². The zero-order valence-electron chi connectivity index (χ0n) is 75.5. The maximum atomic E-state index is 13.3. The van der Waals surface area contributed by atoms with Crippen molar-refractivity contribution in [3.8, 4) is 46.0 Å². The van der Waals surface area contributed by atoms with Gasteiger partial charge in [-0.15, -0.1) is 0 Å². The molecule has 0 spiro atoms. The fourth-order valence-corrected chi connectivity index (χ4v) is 13.9. The van der Waals surface area contributed by atoms with Crippen molar-refractivity contribution in [1.82, 2.24) is 0 Å². The highest BCUT2D eigenvalue weighted by atomic mass is 16.5. The summed E-state index contributed by atoms with van der Waals surface area (Å²) in [6.45, 7) is 11.3. The summed E-state index contributed by atoms with van der Waals surface area (Å²) in [7, 11) is 1.84. The van der Waals surface area contributed by atoms with Gasteiger partial charge in [-0.1, -0.05) is 219 Å². The highest BCUT2D eigenvalue weighted by Crippen LogP contribution is 2.32. The lowest BCUT2D eigenvalue weighted by Crippen LogP contribution is -2.14. The molecule has 0 heterocycles. The van der Waals surface area contributed by atoms with Gasteiger partial charge < -0.3 is 78.1 Å². The van der Waals surface area contributed by atoms with Gasteiger partial charge in [0, 0.05) is 63.4 Å². The van der Waals surface area contributed by atoms with Crippen LogP contribution < -0.4 is 67.9 Å². The molecule has 10 aromatic carbocycles. The summed E-state index contributed by atoms with van der Waals surface area (Å²) in [5, 5.41) is 29.5. The Kier molecular flexibility index (Phi) is 46.6. The first kappa shape index (κ1) is 101. The highest BCUT2D eigenvalue weighted by molar-refractivity contribution is 6.07. The molecule has 0 bridgehead atoms. The van der Waals surface area contributed by atoms with Gasteiger partial charge in [0.25, 0.3) is 17.7 Å². The molecule has 14 N–H and O–H groups in total. The number of nitrogen functional groups attached to an aromatic ring is 4. The van der Waals surface area contributed by atoms with Crippen molar-refractivity contribution in [3.05, 3.63) is 263 Å². The molecule has 0 saturated heterocycles. The number of nitrogens with two attached hydrogens (primary N) is 4. The van der Waals surface area contributed by atoms with E-state index in [2.05, 4.69) is 35.1 Å². The van der Waals surface area contributed by atoms with Crippen LogP contribution in [0.15, 0.2) is 218 Å². The molecule has 21 nitrogen and oxygen atoms in total. The third-order valence-corrected chi connectivity index (χ3v) is 21.6. The van der Waals surface area contributed by atoms with Crippen LogP contribution in [0.5, 0.6) is 46.0 Å². The lowest BCUT2D eigenvalue weighted by atomic mass is 10.0. The van der Waals surface area contributed by atoms with Gasteiger partial charge in [0.15, 0.2) is 5.78 Å². The number of hydrogen-bond acceptors (Lipinski definition) is 16. The Bertz CT molecular complexity index is 4850. The van der Waals surface area contributed by atoms with Crippen LogP contribution in [0.25, 0.3) is 0 Å². The molecule has 0 aliphatic rings. The molecule has 0 aromatic heterocycles. The maximum Gasteiger partial charge on any atom is 0.335 e. The average Bonchev–Trinajstić information content (AvgIpc) is 0.840. The fraction of sp³-hybridized carbons (Fsp3) is 0.377. The highest BCUT2D eigenvalue weighted by Gasteiger charge is 2.16. The Balaban J connectivity index is 0.000000321. The van der Waals surface area contributed by atoms with Crippen molar-refractivity contribution in [3.63, 3.8) is 0 Å². The van der Waals surface area contributed by atoms with E-state index in [1.165, 1.54) is 242 Å². The summed E-state index contributed by atoms with van der Waals surface area (Å²) in [4.78, 5) is 72.5. The number of ether oxygens (including phenoxy) is 5. The monoisotopic (exact) mass is 1730 g/mol. The van der Waals surface area contributed by atoms with E-state index < -0.39 is 11.9 Å². The zero-order chi connectivity index (χ0) is 91.2. The molecule has 0 aliphatic heterocycles. The number of ketones is 1. The molecule has 0 atom stereocenters. The number of Topliss-reactive ketones (excluding diaryl/α,β-unsaturated/α-hetero) is 1. The van der Waals surface area contributed by atoms with Crippen molar-refractivity contribution in [2.75, 3.05) is 64.5 Å². The molecule has 0 fully saturated rings. The van der Waals surface area contributed by atoms with Gasteiger partial charge >= 0.3 is 11.9 Å². The third-order valence-electron chi connectivity index (χ3n) is 21.6. The number of carboxylic acid groups (broad SMARTS) is 2. The second kappa shape index (κ2) is 58.4. The van der Waals surface area contributed by atoms with Crippen LogP contribution in [0.1, 0.15) is 300 Å². The summed E-state index contributed by atoms with van der Waals surface area (Å²) in [6.07, 6.45) is 43.5. The number of hydrogen-bond donors (Lipinski definition) is 10. The van der Waals surface area contributed by atoms with Crippen molar-refractivity contribution in [2.45, 2.75) is 240 Å². The number of benzene rings is 10. The first-order valence-corrected chi connectivity index (χ1v) is 45.6. The van der Waals surface area contributed by atoms with Crippen LogP contribution in [0.2, 0.25) is 0 Å². The molecular formula is C106H136N8O13. The second-order valence-corrected chi connectivity index (χ2v) is 32.2. The van der Waals surface area contributed by atoms with Gasteiger partial charge in [-0.25, -0.2) is 9.59 Å². The van der Waals surface area contributed by atoms with Crippen LogP contribution in [-0.2, 0) is 0 Å². The average molecular weight is 1730 g/mol. The van der Waals surface area contributed by atoms with Crippen LogP contribution in [0.3, 0.4) is 0 Å². The molecule has 10 rings (SSSR count). The molecule has 0 saturated carbocycles. The number of carbonyl (C=O) groups is 6. The minimum atomic E-state index is -1.00. The summed E-state index contributed by atoms with van der Waals surface area (Å²) < 4.78 is 29.2. The van der Waals surface area contributed by atoms with Gasteiger partial charge in [0.2, 0.25) is 0 Å². The van der Waals surface area contributed by atoms with E-state index in [4.69, 9.17) is 56.8 Å². The maximum absolute atomic E-state index is 13.3. The fourth-order valence-electron chi connectivity index (χ4n) is 13.9. The van der Waals surface area contributed by atoms with E-state index in [1.54, 1.807) is 121 Å². The Morgan fingerprint density at radius 2 is 0.567 bits per heavy atom. The number of carbonyl (C=O) groups excluding carboxylic acids is 4. The molecule has 0 radical (unpaired) electrons. The Morgan fingerprint density at radius 3 is 0.882 bits per heavy atom. The number of amides is 3. The van der Waals surface area contributed by atoms with Crippen LogP contribution in [-0.4, -0.2) is 65.9 Å². The Labute approximate surface area is 752 Å². The van der Waals surface area contributed by atoms with E-state index in [0.717, 1.165) is 65.6 Å². The smallest absolute Gasteiger partial charge is 0.335 e.